The molecule has 7 nitrogen and oxygen atoms in total. The Balaban J connectivity index is 1.88. The number of carboxylic acid groups (broad SMARTS) is 1. The second-order valence-corrected chi connectivity index (χ2v) is 8.38. The quantitative estimate of drug-likeness (QED) is 0.475. The van der Waals surface area contributed by atoms with Gasteiger partial charge in [0, 0.05) is 25.0 Å². The molecule has 0 radical (unpaired) electrons. The summed E-state index contributed by atoms with van der Waals surface area (Å²) in [6.45, 7) is 1.55. The van der Waals surface area contributed by atoms with Crippen molar-refractivity contribution in [2.45, 2.75) is 13.1 Å². The van der Waals surface area contributed by atoms with Crippen LogP contribution in [0.1, 0.15) is 21.5 Å². The summed E-state index contributed by atoms with van der Waals surface area (Å²) in [6.07, 6.45) is 1.20. The number of halogens is 1. The molecule has 1 aliphatic heterocycles. The van der Waals surface area contributed by atoms with E-state index in [4.69, 9.17) is 4.74 Å². The van der Waals surface area contributed by atoms with Crippen LogP contribution in [0.5, 0.6) is 11.5 Å². The number of carbonyl (C=O) groups is 1. The maximum atomic E-state index is 15.6. The highest BCUT2D eigenvalue weighted by atomic mass is 19.1. The number of carboxylic acids is 1. The SMILES string of the molecule is COc1c(-c2ccc3c(c2)CN(C)C3)c(F)cc2c(=O)c(C(=O)O)cn(-c3ccc(O)cc3)c12. The highest BCUT2D eigenvalue weighted by Gasteiger charge is 2.25. The third-order valence-corrected chi connectivity index (χ3v) is 6.13. The number of benzene rings is 3. The predicted molar refractivity (Wildman–Crippen MR) is 125 cm³/mol. The third-order valence-electron chi connectivity index (χ3n) is 6.13. The molecule has 0 saturated heterocycles. The lowest BCUT2D eigenvalue weighted by Crippen LogP contribution is -2.19. The number of pyridine rings is 1. The second kappa shape index (κ2) is 8.00. The van der Waals surface area contributed by atoms with Gasteiger partial charge >= 0.3 is 5.97 Å². The standard InChI is InChI=1S/C26H21FN2O5/c1-28-11-15-4-3-14(9-16(15)12-28)22-21(27)10-19-23(25(22)34-2)29(13-20(24(19)31)26(32)33)17-5-7-18(30)8-6-17/h3-10,13,30H,11-12H2,1-2H3,(H,32,33). The third kappa shape index (κ3) is 3.39. The van der Waals surface area contributed by atoms with Crippen LogP contribution >= 0.6 is 0 Å². The van der Waals surface area contributed by atoms with Crippen molar-refractivity contribution >= 4 is 16.9 Å². The molecule has 0 saturated carbocycles. The van der Waals surface area contributed by atoms with Crippen LogP contribution in [-0.2, 0) is 13.1 Å². The van der Waals surface area contributed by atoms with Crippen LogP contribution in [0.4, 0.5) is 4.39 Å². The van der Waals surface area contributed by atoms with Crippen molar-refractivity contribution in [1.82, 2.24) is 9.47 Å². The van der Waals surface area contributed by atoms with E-state index in [0.29, 0.717) is 11.3 Å². The summed E-state index contributed by atoms with van der Waals surface area (Å²) in [6, 6.07) is 12.8. The number of aromatic nitrogens is 1. The van der Waals surface area contributed by atoms with Crippen molar-refractivity contribution in [3.63, 3.8) is 0 Å². The second-order valence-electron chi connectivity index (χ2n) is 8.38. The highest BCUT2D eigenvalue weighted by molar-refractivity contribution is 5.98. The van der Waals surface area contributed by atoms with E-state index >= 15 is 4.39 Å². The van der Waals surface area contributed by atoms with Gasteiger partial charge in [0.2, 0.25) is 5.43 Å². The van der Waals surface area contributed by atoms with Crippen LogP contribution in [0.25, 0.3) is 27.7 Å². The summed E-state index contributed by atoms with van der Waals surface area (Å²) in [5.74, 6) is -1.98. The van der Waals surface area contributed by atoms with E-state index in [2.05, 4.69) is 4.90 Å². The predicted octanol–water partition coefficient (Wildman–Crippen LogP) is 4.15. The normalized spacial score (nSPS) is 13.3. The van der Waals surface area contributed by atoms with Crippen molar-refractivity contribution in [3.05, 3.63) is 87.5 Å². The Labute approximate surface area is 193 Å². The van der Waals surface area contributed by atoms with Crippen LogP contribution < -0.4 is 10.2 Å². The zero-order valence-electron chi connectivity index (χ0n) is 18.5. The van der Waals surface area contributed by atoms with Gasteiger partial charge in [-0.15, -0.1) is 0 Å². The molecule has 1 aromatic heterocycles. The first-order valence-corrected chi connectivity index (χ1v) is 10.6. The molecule has 8 heteroatoms. The topological polar surface area (TPSA) is 92.0 Å². The minimum atomic E-state index is -1.43. The van der Waals surface area contributed by atoms with Gasteiger partial charge in [-0.1, -0.05) is 12.1 Å². The smallest absolute Gasteiger partial charge is 0.341 e. The molecule has 3 aromatic carbocycles. The number of fused-ring (bicyclic) bond motifs is 2. The molecule has 172 valence electrons. The number of hydrogen-bond acceptors (Lipinski definition) is 5. The Bertz CT molecular complexity index is 1530. The van der Waals surface area contributed by atoms with Gasteiger partial charge in [0.1, 0.15) is 22.6 Å². The zero-order valence-corrected chi connectivity index (χ0v) is 18.5. The van der Waals surface area contributed by atoms with E-state index in [9.17, 15) is 19.8 Å². The van der Waals surface area contributed by atoms with Crippen molar-refractivity contribution < 1.29 is 24.1 Å². The number of ether oxygens (including phenoxy) is 1. The fourth-order valence-electron chi connectivity index (χ4n) is 4.58. The van der Waals surface area contributed by atoms with Gasteiger partial charge in [-0.2, -0.15) is 0 Å². The molecule has 2 N–H and O–H groups in total. The zero-order chi connectivity index (χ0) is 24.1. The Kier molecular flexibility index (Phi) is 5.10. The van der Waals surface area contributed by atoms with E-state index in [1.807, 2.05) is 25.2 Å². The number of nitrogens with zero attached hydrogens (tertiary/aromatic N) is 2. The van der Waals surface area contributed by atoms with Gasteiger partial charge in [-0.25, -0.2) is 9.18 Å². The highest BCUT2D eigenvalue weighted by Crippen LogP contribution is 2.40. The summed E-state index contributed by atoms with van der Waals surface area (Å²) in [4.78, 5) is 26.9. The lowest BCUT2D eigenvalue weighted by atomic mass is 9.97. The van der Waals surface area contributed by atoms with Crippen LogP contribution in [0.2, 0.25) is 0 Å². The Morgan fingerprint density at radius 2 is 1.76 bits per heavy atom. The van der Waals surface area contributed by atoms with Gasteiger partial charge in [-0.05, 0) is 60.1 Å². The molecule has 2 heterocycles. The van der Waals surface area contributed by atoms with Crippen molar-refractivity contribution in [2.24, 2.45) is 0 Å². The van der Waals surface area contributed by atoms with E-state index in [1.54, 1.807) is 12.1 Å². The Hall–Kier alpha value is -4.17. The van der Waals surface area contributed by atoms with Crippen molar-refractivity contribution in [2.75, 3.05) is 14.2 Å². The average molecular weight is 460 g/mol. The number of rotatable bonds is 4. The number of phenolic OH excluding ortho intramolecular Hbond substituents is 1. The Morgan fingerprint density at radius 3 is 2.44 bits per heavy atom. The largest absolute Gasteiger partial charge is 0.508 e. The molecular formula is C26H21FN2O5. The number of methoxy groups -OCH3 is 1. The minimum absolute atomic E-state index is 0.0226. The maximum absolute atomic E-state index is 15.6. The van der Waals surface area contributed by atoms with Gasteiger partial charge < -0.3 is 19.5 Å². The fourth-order valence-corrected chi connectivity index (χ4v) is 4.58. The number of phenols is 1. The molecule has 0 bridgehead atoms. The Morgan fingerprint density at radius 1 is 1.06 bits per heavy atom. The molecule has 0 spiro atoms. The molecule has 34 heavy (non-hydrogen) atoms. The first-order valence-electron chi connectivity index (χ1n) is 10.6. The molecule has 0 unspecified atom stereocenters. The summed E-state index contributed by atoms with van der Waals surface area (Å²) in [5.41, 5.74) is 2.41. The molecule has 1 aliphatic rings. The van der Waals surface area contributed by atoms with Crippen LogP contribution in [-0.4, -0.2) is 39.8 Å². The van der Waals surface area contributed by atoms with E-state index < -0.39 is 22.8 Å². The maximum Gasteiger partial charge on any atom is 0.341 e. The summed E-state index contributed by atoms with van der Waals surface area (Å²) in [7, 11) is 3.39. The monoisotopic (exact) mass is 460 g/mol. The average Bonchev–Trinajstić information content (AvgIpc) is 3.18. The van der Waals surface area contributed by atoms with E-state index in [1.165, 1.54) is 35.6 Å². The van der Waals surface area contributed by atoms with E-state index in [-0.39, 0.29) is 28.0 Å². The van der Waals surface area contributed by atoms with E-state index in [0.717, 1.165) is 24.7 Å². The molecule has 5 rings (SSSR count). The molecule has 0 fully saturated rings. The summed E-state index contributed by atoms with van der Waals surface area (Å²) >= 11 is 0. The van der Waals surface area contributed by atoms with Gasteiger partial charge in [0.25, 0.3) is 0 Å². The first kappa shape index (κ1) is 21.7. The van der Waals surface area contributed by atoms with Crippen LogP contribution in [0, 0.1) is 5.82 Å². The lowest BCUT2D eigenvalue weighted by Gasteiger charge is -2.19. The molecule has 0 aliphatic carbocycles. The fraction of sp³-hybridized carbons (Fsp3) is 0.154. The minimum Gasteiger partial charge on any atom is -0.508 e. The van der Waals surface area contributed by atoms with Gasteiger partial charge in [0.15, 0.2) is 5.75 Å². The van der Waals surface area contributed by atoms with Crippen LogP contribution in [0.15, 0.2) is 59.5 Å². The number of aromatic hydroxyl groups is 1. The summed E-state index contributed by atoms with van der Waals surface area (Å²) in [5, 5.41) is 19.2. The number of hydrogen-bond donors (Lipinski definition) is 2. The number of aromatic carboxylic acids is 1. The molecule has 0 atom stereocenters. The summed E-state index contributed by atoms with van der Waals surface area (Å²) < 4.78 is 22.7. The van der Waals surface area contributed by atoms with Gasteiger partial charge in [0.05, 0.1) is 18.1 Å². The van der Waals surface area contributed by atoms with Crippen molar-refractivity contribution in [3.8, 4) is 28.3 Å². The molecular weight excluding hydrogens is 439 g/mol. The van der Waals surface area contributed by atoms with Crippen LogP contribution in [0.3, 0.4) is 0 Å². The lowest BCUT2D eigenvalue weighted by molar-refractivity contribution is 0.0695. The molecule has 0 amide bonds. The van der Waals surface area contributed by atoms with Crippen molar-refractivity contribution in [1.29, 1.82) is 0 Å². The first-order chi connectivity index (χ1) is 16.3. The van der Waals surface area contributed by atoms with Gasteiger partial charge in [-0.3, -0.25) is 9.69 Å². The molecule has 4 aromatic rings.